The fourth-order valence-corrected chi connectivity index (χ4v) is 0.917. The van der Waals surface area contributed by atoms with Gasteiger partial charge in [0.25, 0.3) is 0 Å². The van der Waals surface area contributed by atoms with Gasteiger partial charge in [-0.2, -0.15) is 0 Å². The lowest BCUT2D eigenvalue weighted by Crippen LogP contribution is -2.03. The zero-order chi connectivity index (χ0) is 7.02. The minimum absolute atomic E-state index is 0.00222. The van der Waals surface area contributed by atoms with Crippen molar-refractivity contribution in [2.24, 2.45) is 11.8 Å². The third-order valence-corrected chi connectivity index (χ3v) is 1.63. The van der Waals surface area contributed by atoms with E-state index in [2.05, 4.69) is 0 Å². The van der Waals surface area contributed by atoms with Crippen LogP contribution >= 0.6 is 0 Å². The quantitative estimate of drug-likeness (QED) is 0.581. The highest BCUT2D eigenvalue weighted by Gasteiger charge is 2.46. The predicted molar refractivity (Wildman–Crippen MR) is 29.9 cm³/mol. The van der Waals surface area contributed by atoms with Gasteiger partial charge in [-0.1, -0.05) is 0 Å². The third kappa shape index (κ3) is 1.09. The zero-order valence-electron chi connectivity index (χ0n) is 5.13. The second-order valence-electron chi connectivity index (χ2n) is 2.40. The molecule has 0 aromatic rings. The first-order valence-electron chi connectivity index (χ1n) is 2.86. The average molecular weight is 128 g/mol. The van der Waals surface area contributed by atoms with E-state index in [4.69, 9.17) is 5.11 Å². The Balaban J connectivity index is 2.42. The van der Waals surface area contributed by atoms with Crippen molar-refractivity contribution in [3.8, 4) is 0 Å². The molecule has 0 amide bonds. The van der Waals surface area contributed by atoms with Gasteiger partial charge >= 0.3 is 5.97 Å². The molecule has 9 heavy (non-hydrogen) atoms. The molecule has 0 radical (unpaired) electrons. The van der Waals surface area contributed by atoms with Crippen LogP contribution in [0.5, 0.6) is 0 Å². The highest BCUT2D eigenvalue weighted by molar-refractivity contribution is 5.89. The molecule has 0 aliphatic heterocycles. The molecular weight excluding hydrogens is 120 g/mol. The first-order valence-corrected chi connectivity index (χ1v) is 2.86. The van der Waals surface area contributed by atoms with Crippen molar-refractivity contribution in [3.63, 3.8) is 0 Å². The van der Waals surface area contributed by atoms with Crippen molar-refractivity contribution in [1.82, 2.24) is 0 Å². The summed E-state index contributed by atoms with van der Waals surface area (Å²) in [5.41, 5.74) is 0. The van der Waals surface area contributed by atoms with Crippen molar-refractivity contribution in [2.45, 2.75) is 13.3 Å². The number of ketones is 1. The second kappa shape index (κ2) is 1.83. The van der Waals surface area contributed by atoms with Crippen molar-refractivity contribution in [2.75, 3.05) is 0 Å². The molecule has 3 heteroatoms. The summed E-state index contributed by atoms with van der Waals surface area (Å²) in [5, 5.41) is 8.32. The van der Waals surface area contributed by atoms with Gasteiger partial charge < -0.3 is 5.11 Å². The molecule has 0 bridgehead atoms. The van der Waals surface area contributed by atoms with E-state index in [0.717, 1.165) is 0 Å². The average Bonchev–Trinajstić information content (AvgIpc) is 2.39. The molecule has 2 atom stereocenters. The molecule has 0 unspecified atom stereocenters. The van der Waals surface area contributed by atoms with Crippen LogP contribution < -0.4 is 0 Å². The first-order chi connectivity index (χ1) is 4.13. The fraction of sp³-hybridized carbons (Fsp3) is 0.667. The van der Waals surface area contributed by atoms with Gasteiger partial charge in [0.05, 0.1) is 5.92 Å². The number of carbonyl (C=O) groups is 2. The van der Waals surface area contributed by atoms with Crippen LogP contribution in [0.3, 0.4) is 0 Å². The molecule has 0 aromatic carbocycles. The zero-order valence-corrected chi connectivity index (χ0v) is 5.13. The Hall–Kier alpha value is -0.860. The Morgan fingerprint density at radius 3 is 2.11 bits per heavy atom. The van der Waals surface area contributed by atoms with Crippen molar-refractivity contribution in [3.05, 3.63) is 0 Å². The fourth-order valence-electron chi connectivity index (χ4n) is 0.917. The van der Waals surface area contributed by atoms with Crippen LogP contribution in [-0.4, -0.2) is 16.9 Å². The van der Waals surface area contributed by atoms with Crippen LogP contribution in [0.15, 0.2) is 0 Å². The maximum Gasteiger partial charge on any atom is 0.307 e. The molecule has 1 saturated carbocycles. The van der Waals surface area contributed by atoms with Gasteiger partial charge in [-0.05, 0) is 13.3 Å². The molecule has 1 fully saturated rings. The predicted octanol–water partition coefficient (Wildman–Crippen LogP) is 0.296. The van der Waals surface area contributed by atoms with E-state index in [0.29, 0.717) is 6.42 Å². The maximum absolute atomic E-state index is 10.5. The summed E-state index contributed by atoms with van der Waals surface area (Å²) in [4.78, 5) is 20.6. The number of hydrogen-bond acceptors (Lipinski definition) is 2. The molecule has 0 saturated heterocycles. The van der Waals surface area contributed by atoms with Crippen LogP contribution in [0.25, 0.3) is 0 Å². The number of hydrogen-bond donors (Lipinski definition) is 1. The molecule has 0 spiro atoms. The summed E-state index contributed by atoms with van der Waals surface area (Å²) in [6.45, 7) is 1.44. The first kappa shape index (κ1) is 6.26. The van der Waals surface area contributed by atoms with Crippen molar-refractivity contribution < 1.29 is 14.7 Å². The van der Waals surface area contributed by atoms with Crippen molar-refractivity contribution >= 4 is 11.8 Å². The SMILES string of the molecule is CC(=O)[C@H]1C[C@H]1C(=O)O. The lowest BCUT2D eigenvalue weighted by molar-refractivity contribution is -0.139. The highest BCUT2D eigenvalue weighted by Crippen LogP contribution is 2.38. The molecule has 0 heterocycles. The molecule has 50 valence electrons. The second-order valence-corrected chi connectivity index (χ2v) is 2.40. The summed E-state index contributed by atoms with van der Waals surface area (Å²) in [5.74, 6) is -1.39. The lowest BCUT2D eigenvalue weighted by atomic mass is 10.2. The van der Waals surface area contributed by atoms with E-state index in [1.165, 1.54) is 6.92 Å². The lowest BCUT2D eigenvalue weighted by Gasteiger charge is -1.85. The molecule has 1 aliphatic rings. The van der Waals surface area contributed by atoms with Crippen LogP contribution in [0, 0.1) is 11.8 Å². The monoisotopic (exact) mass is 128 g/mol. The topological polar surface area (TPSA) is 54.4 Å². The molecular formula is C6H8O3. The van der Waals surface area contributed by atoms with E-state index in [-0.39, 0.29) is 17.6 Å². The van der Waals surface area contributed by atoms with Crippen LogP contribution in [0.2, 0.25) is 0 Å². The Kier molecular flexibility index (Phi) is 1.27. The van der Waals surface area contributed by atoms with E-state index in [9.17, 15) is 9.59 Å². The summed E-state index contributed by atoms with van der Waals surface area (Å²) in [6.07, 6.45) is 0.546. The summed E-state index contributed by atoms with van der Waals surface area (Å²) < 4.78 is 0. The standard InChI is InChI=1S/C6H8O3/c1-3(7)4-2-5(4)6(8)9/h4-5H,2H2,1H3,(H,8,9)/t4-,5-/m1/s1. The minimum atomic E-state index is -0.838. The Morgan fingerprint density at radius 2 is 2.00 bits per heavy atom. The van der Waals surface area contributed by atoms with E-state index in [1.54, 1.807) is 0 Å². The molecule has 1 aliphatic carbocycles. The maximum atomic E-state index is 10.5. The normalized spacial score (nSPS) is 31.7. The minimum Gasteiger partial charge on any atom is -0.481 e. The molecule has 1 rings (SSSR count). The third-order valence-electron chi connectivity index (χ3n) is 1.63. The van der Waals surface area contributed by atoms with Gasteiger partial charge in [-0.15, -0.1) is 0 Å². The number of Topliss-reactive ketones (excluding diaryl/α,β-unsaturated/α-hetero) is 1. The number of carboxylic acids is 1. The Morgan fingerprint density at radius 1 is 1.44 bits per heavy atom. The summed E-state index contributed by atoms with van der Waals surface area (Å²) >= 11 is 0. The molecule has 3 nitrogen and oxygen atoms in total. The van der Waals surface area contributed by atoms with E-state index >= 15 is 0 Å². The van der Waals surface area contributed by atoms with Crippen LogP contribution in [0.4, 0.5) is 0 Å². The highest BCUT2D eigenvalue weighted by atomic mass is 16.4. The van der Waals surface area contributed by atoms with Gasteiger partial charge in [0.1, 0.15) is 5.78 Å². The number of aliphatic carboxylic acids is 1. The van der Waals surface area contributed by atoms with E-state index < -0.39 is 5.97 Å². The smallest absolute Gasteiger partial charge is 0.307 e. The Labute approximate surface area is 52.7 Å². The van der Waals surface area contributed by atoms with E-state index in [1.807, 2.05) is 0 Å². The van der Waals surface area contributed by atoms with Gasteiger partial charge in [0, 0.05) is 5.92 Å². The summed E-state index contributed by atoms with van der Waals surface area (Å²) in [7, 11) is 0. The molecule has 0 aromatic heterocycles. The number of carboxylic acid groups (broad SMARTS) is 1. The van der Waals surface area contributed by atoms with Crippen molar-refractivity contribution in [1.29, 1.82) is 0 Å². The largest absolute Gasteiger partial charge is 0.481 e. The number of rotatable bonds is 2. The van der Waals surface area contributed by atoms with Gasteiger partial charge in [0.2, 0.25) is 0 Å². The van der Waals surface area contributed by atoms with Crippen LogP contribution in [0.1, 0.15) is 13.3 Å². The summed E-state index contributed by atoms with van der Waals surface area (Å²) in [6, 6.07) is 0. The Bertz CT molecular complexity index is 144. The number of carbonyl (C=O) groups excluding carboxylic acids is 1. The molecule has 1 N–H and O–H groups in total. The van der Waals surface area contributed by atoms with Gasteiger partial charge in [-0.25, -0.2) is 0 Å². The van der Waals surface area contributed by atoms with Gasteiger partial charge in [-0.3, -0.25) is 9.59 Å². The van der Waals surface area contributed by atoms with Gasteiger partial charge in [0.15, 0.2) is 0 Å². The van der Waals surface area contributed by atoms with Crippen LogP contribution in [-0.2, 0) is 9.59 Å².